The van der Waals surface area contributed by atoms with E-state index >= 15 is 0 Å². The molecule has 0 aliphatic carbocycles. The van der Waals surface area contributed by atoms with Crippen LogP contribution in [0.2, 0.25) is 0 Å². The van der Waals surface area contributed by atoms with Crippen LogP contribution >= 0.6 is 0 Å². The Morgan fingerprint density at radius 1 is 1.24 bits per heavy atom. The fraction of sp³-hybridized carbons (Fsp3) is 0.867. The number of rotatable bonds is 3. The predicted octanol–water partition coefficient (Wildman–Crippen LogP) is -0.0712. The Morgan fingerprint density at radius 2 is 2.05 bits per heavy atom. The average molecular weight is 295 g/mol. The van der Waals surface area contributed by atoms with Gasteiger partial charge in [0.1, 0.15) is 12.1 Å². The zero-order valence-electron chi connectivity index (χ0n) is 13.0. The third-order valence-electron chi connectivity index (χ3n) is 4.89. The summed E-state index contributed by atoms with van der Waals surface area (Å²) in [5.74, 6) is 0.250. The summed E-state index contributed by atoms with van der Waals surface area (Å²) in [6.07, 6.45) is 2.44. The summed E-state index contributed by atoms with van der Waals surface area (Å²) in [6.45, 7) is 5.70. The zero-order chi connectivity index (χ0) is 15.0. The largest absolute Gasteiger partial charge is 0.374 e. The highest BCUT2D eigenvalue weighted by atomic mass is 16.5. The minimum absolute atomic E-state index is 0.0162. The molecule has 118 valence electrons. The van der Waals surface area contributed by atoms with Crippen LogP contribution in [0.4, 0.5) is 0 Å². The summed E-state index contributed by atoms with van der Waals surface area (Å²) < 4.78 is 5.78. The van der Waals surface area contributed by atoms with E-state index in [1.807, 2.05) is 6.92 Å². The number of morpholine rings is 1. The SMILES string of the molecule is CCC1C(=O)N2CCCC2C(=O)N1CC1CN(C)CCO1. The van der Waals surface area contributed by atoms with Gasteiger partial charge in [0.05, 0.1) is 12.7 Å². The Kier molecular flexibility index (Phi) is 4.17. The van der Waals surface area contributed by atoms with Gasteiger partial charge >= 0.3 is 0 Å². The quantitative estimate of drug-likeness (QED) is 0.731. The van der Waals surface area contributed by atoms with Crippen LogP contribution in [-0.2, 0) is 14.3 Å². The van der Waals surface area contributed by atoms with Crippen LogP contribution in [0.1, 0.15) is 26.2 Å². The van der Waals surface area contributed by atoms with Gasteiger partial charge in [-0.25, -0.2) is 0 Å². The number of hydrogen-bond donors (Lipinski definition) is 0. The molecule has 3 saturated heterocycles. The van der Waals surface area contributed by atoms with Crippen LogP contribution in [0.15, 0.2) is 0 Å². The average Bonchev–Trinajstić information content (AvgIpc) is 2.95. The van der Waals surface area contributed by atoms with Crippen molar-refractivity contribution >= 4 is 11.8 Å². The number of hydrogen-bond acceptors (Lipinski definition) is 4. The van der Waals surface area contributed by atoms with E-state index < -0.39 is 0 Å². The van der Waals surface area contributed by atoms with E-state index in [4.69, 9.17) is 4.74 Å². The van der Waals surface area contributed by atoms with Gasteiger partial charge in [0.25, 0.3) is 0 Å². The summed E-state index contributed by atoms with van der Waals surface area (Å²) in [6, 6.07) is -0.524. The maximum atomic E-state index is 12.7. The van der Waals surface area contributed by atoms with Crippen molar-refractivity contribution < 1.29 is 14.3 Å². The van der Waals surface area contributed by atoms with Crippen molar-refractivity contribution in [3.8, 4) is 0 Å². The molecule has 3 rings (SSSR count). The molecule has 0 aromatic heterocycles. The molecule has 2 amide bonds. The monoisotopic (exact) mass is 295 g/mol. The fourth-order valence-corrected chi connectivity index (χ4v) is 3.77. The van der Waals surface area contributed by atoms with Crippen molar-refractivity contribution in [2.24, 2.45) is 0 Å². The van der Waals surface area contributed by atoms with Crippen LogP contribution in [0, 0.1) is 0 Å². The maximum Gasteiger partial charge on any atom is 0.246 e. The van der Waals surface area contributed by atoms with E-state index in [0.717, 1.165) is 32.5 Å². The zero-order valence-corrected chi connectivity index (χ0v) is 13.0. The Labute approximate surface area is 126 Å². The van der Waals surface area contributed by atoms with Gasteiger partial charge < -0.3 is 19.4 Å². The molecule has 3 atom stereocenters. The molecular weight excluding hydrogens is 270 g/mol. The lowest BCUT2D eigenvalue weighted by Gasteiger charge is -2.44. The van der Waals surface area contributed by atoms with Gasteiger partial charge in [-0.2, -0.15) is 0 Å². The number of carbonyl (C=O) groups is 2. The number of amides is 2. The van der Waals surface area contributed by atoms with Gasteiger partial charge in [0.2, 0.25) is 11.8 Å². The Bertz CT molecular complexity index is 428. The van der Waals surface area contributed by atoms with Crippen LogP contribution in [-0.4, -0.2) is 84.5 Å². The molecule has 0 saturated carbocycles. The second kappa shape index (κ2) is 5.93. The van der Waals surface area contributed by atoms with Gasteiger partial charge in [0.15, 0.2) is 0 Å². The molecule has 3 heterocycles. The maximum absolute atomic E-state index is 12.7. The Balaban J connectivity index is 1.75. The smallest absolute Gasteiger partial charge is 0.246 e. The van der Waals surface area contributed by atoms with Crippen molar-refractivity contribution in [2.75, 3.05) is 39.8 Å². The van der Waals surface area contributed by atoms with E-state index in [-0.39, 0.29) is 30.0 Å². The number of nitrogens with zero attached hydrogens (tertiary/aromatic N) is 3. The highest BCUT2D eigenvalue weighted by Crippen LogP contribution is 2.28. The molecule has 0 aromatic rings. The van der Waals surface area contributed by atoms with E-state index in [1.165, 1.54) is 0 Å². The van der Waals surface area contributed by atoms with Crippen molar-refractivity contribution in [2.45, 2.75) is 44.4 Å². The molecule has 0 N–H and O–H groups in total. The Morgan fingerprint density at radius 3 is 2.76 bits per heavy atom. The molecule has 0 bridgehead atoms. The summed E-state index contributed by atoms with van der Waals surface area (Å²) in [7, 11) is 2.06. The summed E-state index contributed by atoms with van der Waals surface area (Å²) in [4.78, 5) is 31.1. The fourth-order valence-electron chi connectivity index (χ4n) is 3.77. The van der Waals surface area contributed by atoms with Crippen molar-refractivity contribution in [1.82, 2.24) is 14.7 Å². The van der Waals surface area contributed by atoms with Crippen LogP contribution in [0.5, 0.6) is 0 Å². The number of piperazine rings is 1. The van der Waals surface area contributed by atoms with Crippen LogP contribution in [0.25, 0.3) is 0 Å². The van der Waals surface area contributed by atoms with Crippen molar-refractivity contribution in [3.05, 3.63) is 0 Å². The van der Waals surface area contributed by atoms with E-state index in [0.29, 0.717) is 19.6 Å². The van der Waals surface area contributed by atoms with Crippen LogP contribution < -0.4 is 0 Å². The molecule has 3 aliphatic rings. The van der Waals surface area contributed by atoms with E-state index in [2.05, 4.69) is 11.9 Å². The highest BCUT2D eigenvalue weighted by molar-refractivity contribution is 5.97. The van der Waals surface area contributed by atoms with Gasteiger partial charge in [-0.3, -0.25) is 9.59 Å². The first kappa shape index (κ1) is 14.8. The molecule has 3 unspecified atom stereocenters. The molecular formula is C15H25N3O3. The molecule has 0 aromatic carbocycles. The summed E-state index contributed by atoms with van der Waals surface area (Å²) in [5, 5.41) is 0. The molecule has 3 aliphatic heterocycles. The third-order valence-corrected chi connectivity index (χ3v) is 4.89. The lowest BCUT2D eigenvalue weighted by atomic mass is 10.0. The molecule has 0 spiro atoms. The minimum Gasteiger partial charge on any atom is -0.374 e. The van der Waals surface area contributed by atoms with Gasteiger partial charge in [-0.1, -0.05) is 6.92 Å². The first-order valence-electron chi connectivity index (χ1n) is 8.03. The number of fused-ring (bicyclic) bond motifs is 1. The van der Waals surface area contributed by atoms with Gasteiger partial charge in [-0.15, -0.1) is 0 Å². The number of likely N-dealkylation sites (N-methyl/N-ethyl adjacent to an activating group) is 1. The Hall–Kier alpha value is -1.14. The lowest BCUT2D eigenvalue weighted by Crippen LogP contribution is -2.64. The molecule has 6 heteroatoms. The standard InChI is InChI=1S/C15H25N3O3/c1-3-12-14(19)17-6-4-5-13(17)15(20)18(12)10-11-9-16(2)7-8-21-11/h11-13H,3-10H2,1-2H3. The minimum atomic E-state index is -0.303. The number of carbonyl (C=O) groups excluding carboxylic acids is 2. The number of ether oxygens (including phenoxy) is 1. The van der Waals surface area contributed by atoms with E-state index in [9.17, 15) is 9.59 Å². The van der Waals surface area contributed by atoms with Crippen LogP contribution in [0.3, 0.4) is 0 Å². The normalized spacial score (nSPS) is 34.5. The second-order valence-corrected chi connectivity index (χ2v) is 6.36. The van der Waals surface area contributed by atoms with Crippen molar-refractivity contribution in [3.63, 3.8) is 0 Å². The topological polar surface area (TPSA) is 53.1 Å². The lowest BCUT2D eigenvalue weighted by molar-refractivity contribution is -0.162. The molecule has 3 fully saturated rings. The summed E-state index contributed by atoms with van der Waals surface area (Å²) >= 11 is 0. The van der Waals surface area contributed by atoms with Gasteiger partial charge in [-0.05, 0) is 26.3 Å². The van der Waals surface area contributed by atoms with Crippen molar-refractivity contribution in [1.29, 1.82) is 0 Å². The predicted molar refractivity (Wildman–Crippen MR) is 77.8 cm³/mol. The summed E-state index contributed by atoms with van der Waals surface area (Å²) in [5.41, 5.74) is 0. The second-order valence-electron chi connectivity index (χ2n) is 6.36. The molecule has 0 radical (unpaired) electrons. The third kappa shape index (κ3) is 2.66. The van der Waals surface area contributed by atoms with Gasteiger partial charge in [0, 0.05) is 26.2 Å². The molecule has 21 heavy (non-hydrogen) atoms. The first-order valence-corrected chi connectivity index (χ1v) is 8.03. The molecule has 6 nitrogen and oxygen atoms in total. The van der Waals surface area contributed by atoms with E-state index in [1.54, 1.807) is 9.80 Å². The highest BCUT2D eigenvalue weighted by Gasteiger charge is 2.47. The first-order chi connectivity index (χ1) is 10.1.